The van der Waals surface area contributed by atoms with Gasteiger partial charge in [0.05, 0.1) is 18.4 Å². The number of anilines is 1. The highest BCUT2D eigenvalue weighted by molar-refractivity contribution is 6.02. The van der Waals surface area contributed by atoms with E-state index in [1.54, 1.807) is 47.2 Å². The fraction of sp³-hybridized carbons (Fsp3) is 0.348. The highest BCUT2D eigenvalue weighted by atomic mass is 16.5. The Balaban J connectivity index is 1.41. The van der Waals surface area contributed by atoms with Crippen LogP contribution in [0.15, 0.2) is 48.5 Å². The maximum atomic E-state index is 13.0. The number of amides is 3. The minimum atomic E-state index is -0.241. The van der Waals surface area contributed by atoms with Gasteiger partial charge in [-0.25, -0.2) is 0 Å². The predicted molar refractivity (Wildman–Crippen MR) is 114 cm³/mol. The van der Waals surface area contributed by atoms with Crippen molar-refractivity contribution in [3.05, 3.63) is 54.1 Å². The monoisotopic (exact) mass is 423 g/mol. The number of benzene rings is 2. The maximum Gasteiger partial charge on any atom is 0.265 e. The largest absolute Gasteiger partial charge is 0.496 e. The normalized spacial score (nSPS) is 16.3. The Kier molecular flexibility index (Phi) is 6.06. The van der Waals surface area contributed by atoms with Crippen LogP contribution in [0, 0.1) is 0 Å². The molecule has 4 rings (SSSR count). The average Bonchev–Trinajstić information content (AvgIpc) is 3.07. The molecule has 1 saturated heterocycles. The molecule has 0 bridgehead atoms. The summed E-state index contributed by atoms with van der Waals surface area (Å²) in [5.74, 6) is 0.643. The second-order valence-electron chi connectivity index (χ2n) is 7.46. The number of hydrogen-bond donors (Lipinski definition) is 0. The Morgan fingerprint density at radius 2 is 1.68 bits per heavy atom. The quantitative estimate of drug-likeness (QED) is 0.749. The van der Waals surface area contributed by atoms with Gasteiger partial charge in [-0.2, -0.15) is 0 Å². The number of rotatable bonds is 4. The van der Waals surface area contributed by atoms with Crippen molar-refractivity contribution in [2.75, 3.05) is 51.3 Å². The summed E-state index contributed by atoms with van der Waals surface area (Å²) in [5, 5.41) is 0. The van der Waals surface area contributed by atoms with E-state index in [1.165, 1.54) is 4.90 Å². The Hall–Kier alpha value is -3.55. The summed E-state index contributed by atoms with van der Waals surface area (Å²) >= 11 is 0. The van der Waals surface area contributed by atoms with Gasteiger partial charge in [0.2, 0.25) is 5.91 Å². The van der Waals surface area contributed by atoms with E-state index in [1.807, 2.05) is 18.2 Å². The number of ether oxygens (including phenoxy) is 2. The first kappa shape index (κ1) is 20.7. The number of carbonyl (C=O) groups is 3. The fourth-order valence-electron chi connectivity index (χ4n) is 3.92. The minimum absolute atomic E-state index is 0.0420. The van der Waals surface area contributed by atoms with E-state index >= 15 is 0 Å². The molecule has 2 aromatic rings. The third kappa shape index (κ3) is 4.33. The molecular weight excluding hydrogens is 398 g/mol. The van der Waals surface area contributed by atoms with E-state index in [4.69, 9.17) is 9.47 Å². The van der Waals surface area contributed by atoms with Crippen molar-refractivity contribution in [1.29, 1.82) is 0 Å². The van der Waals surface area contributed by atoms with Gasteiger partial charge in [0.15, 0.2) is 6.61 Å². The van der Waals surface area contributed by atoms with Crippen molar-refractivity contribution < 1.29 is 23.9 Å². The van der Waals surface area contributed by atoms with Crippen LogP contribution in [0.5, 0.6) is 11.5 Å². The van der Waals surface area contributed by atoms with E-state index in [2.05, 4.69) is 0 Å². The predicted octanol–water partition coefficient (Wildman–Crippen LogP) is 1.80. The standard InChI is InChI=1S/C23H25N3O5/c1-30-19-9-4-2-7-17(19)23(29)25-12-6-11-24(13-14-25)21(27)15-26-18-8-3-5-10-20(18)31-16-22(26)28/h2-5,7-10H,6,11-16H2,1H3. The molecule has 31 heavy (non-hydrogen) atoms. The van der Waals surface area contributed by atoms with Crippen LogP contribution < -0.4 is 14.4 Å². The molecule has 2 heterocycles. The maximum absolute atomic E-state index is 13.0. The van der Waals surface area contributed by atoms with Gasteiger partial charge >= 0.3 is 0 Å². The number of para-hydroxylation sites is 3. The number of nitrogens with zero attached hydrogens (tertiary/aromatic N) is 3. The molecule has 2 aliphatic rings. The second kappa shape index (κ2) is 9.07. The first-order valence-electron chi connectivity index (χ1n) is 10.3. The van der Waals surface area contributed by atoms with Gasteiger partial charge in [0.25, 0.3) is 11.8 Å². The average molecular weight is 423 g/mol. The lowest BCUT2D eigenvalue weighted by atomic mass is 10.1. The van der Waals surface area contributed by atoms with Crippen LogP contribution in [0.25, 0.3) is 0 Å². The van der Waals surface area contributed by atoms with Crippen LogP contribution in [0.1, 0.15) is 16.8 Å². The van der Waals surface area contributed by atoms with E-state index in [0.717, 1.165) is 0 Å². The molecule has 0 aliphatic carbocycles. The summed E-state index contributed by atoms with van der Waals surface area (Å²) in [6, 6.07) is 14.3. The molecule has 3 amide bonds. The first-order valence-corrected chi connectivity index (χ1v) is 10.3. The Bertz CT molecular complexity index is 993. The highest BCUT2D eigenvalue weighted by Gasteiger charge is 2.30. The SMILES string of the molecule is COc1ccccc1C(=O)N1CCCN(C(=O)CN2C(=O)COc3ccccc32)CC1. The van der Waals surface area contributed by atoms with E-state index in [9.17, 15) is 14.4 Å². The number of carbonyl (C=O) groups excluding carboxylic acids is 3. The molecule has 8 heteroatoms. The van der Waals surface area contributed by atoms with Gasteiger partial charge in [-0.15, -0.1) is 0 Å². The van der Waals surface area contributed by atoms with Gasteiger partial charge in [-0.3, -0.25) is 19.3 Å². The summed E-state index contributed by atoms with van der Waals surface area (Å²) in [4.78, 5) is 43.3. The highest BCUT2D eigenvalue weighted by Crippen LogP contribution is 2.31. The Morgan fingerprint density at radius 3 is 2.52 bits per heavy atom. The summed E-state index contributed by atoms with van der Waals surface area (Å²) in [5.41, 5.74) is 1.12. The molecule has 0 radical (unpaired) electrons. The molecule has 162 valence electrons. The third-order valence-corrected chi connectivity index (χ3v) is 5.57. The molecule has 0 N–H and O–H groups in total. The topological polar surface area (TPSA) is 79.4 Å². The summed E-state index contributed by atoms with van der Waals surface area (Å²) < 4.78 is 10.8. The van der Waals surface area contributed by atoms with Crippen LogP contribution in [-0.2, 0) is 9.59 Å². The summed E-state index contributed by atoms with van der Waals surface area (Å²) in [7, 11) is 1.54. The molecule has 0 atom stereocenters. The van der Waals surface area contributed by atoms with Gasteiger partial charge in [-0.05, 0) is 30.7 Å². The Morgan fingerprint density at radius 1 is 0.968 bits per heavy atom. The lowest BCUT2D eigenvalue weighted by molar-refractivity contribution is -0.131. The van der Waals surface area contributed by atoms with Crippen molar-refractivity contribution in [3.8, 4) is 11.5 Å². The smallest absolute Gasteiger partial charge is 0.265 e. The molecule has 0 aromatic heterocycles. The van der Waals surface area contributed by atoms with Crippen LogP contribution >= 0.6 is 0 Å². The second-order valence-corrected chi connectivity index (χ2v) is 7.46. The van der Waals surface area contributed by atoms with Crippen molar-refractivity contribution in [1.82, 2.24) is 9.80 Å². The lowest BCUT2D eigenvalue weighted by Gasteiger charge is -2.31. The number of hydrogen-bond acceptors (Lipinski definition) is 5. The van der Waals surface area contributed by atoms with Gasteiger partial charge in [0.1, 0.15) is 18.0 Å². The zero-order chi connectivity index (χ0) is 21.8. The minimum Gasteiger partial charge on any atom is -0.496 e. The summed E-state index contributed by atoms with van der Waals surface area (Å²) in [6.45, 7) is 1.82. The van der Waals surface area contributed by atoms with Crippen molar-refractivity contribution in [2.45, 2.75) is 6.42 Å². The lowest BCUT2D eigenvalue weighted by Crippen LogP contribution is -2.47. The zero-order valence-electron chi connectivity index (χ0n) is 17.5. The van der Waals surface area contributed by atoms with Crippen LogP contribution in [0.4, 0.5) is 5.69 Å². The molecule has 2 aromatic carbocycles. The van der Waals surface area contributed by atoms with Crippen molar-refractivity contribution in [2.24, 2.45) is 0 Å². The third-order valence-electron chi connectivity index (χ3n) is 5.57. The molecule has 8 nitrogen and oxygen atoms in total. The molecule has 2 aliphatic heterocycles. The van der Waals surface area contributed by atoms with E-state index in [0.29, 0.717) is 55.3 Å². The van der Waals surface area contributed by atoms with Crippen molar-refractivity contribution in [3.63, 3.8) is 0 Å². The van der Waals surface area contributed by atoms with Gasteiger partial charge in [0, 0.05) is 26.2 Å². The molecular formula is C23H25N3O5. The molecule has 0 saturated carbocycles. The van der Waals surface area contributed by atoms with E-state index < -0.39 is 0 Å². The number of methoxy groups -OCH3 is 1. The molecule has 1 fully saturated rings. The van der Waals surface area contributed by atoms with Crippen molar-refractivity contribution >= 4 is 23.4 Å². The zero-order valence-corrected chi connectivity index (χ0v) is 17.5. The van der Waals surface area contributed by atoms with Gasteiger partial charge < -0.3 is 19.3 Å². The summed E-state index contributed by atoms with van der Waals surface area (Å²) in [6.07, 6.45) is 0.667. The Labute approximate surface area is 180 Å². The van der Waals surface area contributed by atoms with Gasteiger partial charge in [-0.1, -0.05) is 24.3 Å². The number of fused-ring (bicyclic) bond motifs is 1. The first-order chi connectivity index (χ1) is 15.1. The fourth-order valence-corrected chi connectivity index (χ4v) is 3.92. The molecule has 0 spiro atoms. The molecule has 0 unspecified atom stereocenters. The van der Waals surface area contributed by atoms with Crippen LogP contribution in [-0.4, -0.2) is 74.0 Å². The van der Waals surface area contributed by atoms with Crippen LogP contribution in [0.2, 0.25) is 0 Å². The van der Waals surface area contributed by atoms with E-state index in [-0.39, 0.29) is 30.9 Å². The van der Waals surface area contributed by atoms with Crippen LogP contribution in [0.3, 0.4) is 0 Å².